The molecule has 2 aromatic rings. The summed E-state index contributed by atoms with van der Waals surface area (Å²) >= 11 is 1.54. The fourth-order valence-corrected chi connectivity index (χ4v) is 4.50. The fraction of sp³-hybridized carbons (Fsp3) is 0.524. The lowest BCUT2D eigenvalue weighted by Gasteiger charge is -2.32. The second-order valence-corrected chi connectivity index (χ2v) is 8.32. The first-order chi connectivity index (χ1) is 13.1. The average Bonchev–Trinajstić information content (AvgIpc) is 3.36. The maximum atomic E-state index is 12.8. The summed E-state index contributed by atoms with van der Waals surface area (Å²) in [5.41, 5.74) is 3.07. The molecule has 2 aliphatic heterocycles. The number of nitrogens with zero attached hydrogens (tertiary/aromatic N) is 2. The highest BCUT2D eigenvalue weighted by atomic mass is 32.1. The molecule has 2 aliphatic rings. The molecular weight excluding hydrogens is 360 g/mol. The van der Waals surface area contributed by atoms with E-state index in [2.05, 4.69) is 31.0 Å². The van der Waals surface area contributed by atoms with Crippen molar-refractivity contribution >= 4 is 17.2 Å². The molecule has 0 radical (unpaired) electrons. The predicted octanol–water partition coefficient (Wildman–Crippen LogP) is 4.30. The number of amides is 1. The number of piperidine rings is 1. The van der Waals surface area contributed by atoms with E-state index in [1.807, 2.05) is 16.3 Å². The van der Waals surface area contributed by atoms with Crippen LogP contribution in [0.2, 0.25) is 0 Å². The lowest BCUT2D eigenvalue weighted by atomic mass is 10.1. The van der Waals surface area contributed by atoms with E-state index in [0.717, 1.165) is 43.0 Å². The van der Waals surface area contributed by atoms with Gasteiger partial charge in [0, 0.05) is 37.9 Å². The predicted molar refractivity (Wildman–Crippen MR) is 106 cm³/mol. The van der Waals surface area contributed by atoms with Gasteiger partial charge in [0.1, 0.15) is 28.7 Å². The van der Waals surface area contributed by atoms with Crippen LogP contribution in [0, 0.1) is 13.8 Å². The zero-order valence-corrected chi connectivity index (χ0v) is 16.8. The van der Waals surface area contributed by atoms with Crippen molar-refractivity contribution in [3.05, 3.63) is 45.4 Å². The van der Waals surface area contributed by atoms with Gasteiger partial charge in [-0.2, -0.15) is 0 Å². The first-order valence-electron chi connectivity index (χ1n) is 9.70. The van der Waals surface area contributed by atoms with E-state index < -0.39 is 0 Å². The molecule has 144 valence electrons. The number of carbonyl (C=O) groups is 1. The highest BCUT2D eigenvalue weighted by Crippen LogP contribution is 2.31. The third kappa shape index (κ3) is 4.17. The zero-order valence-electron chi connectivity index (χ0n) is 15.9. The smallest absolute Gasteiger partial charge is 0.273 e. The van der Waals surface area contributed by atoms with Gasteiger partial charge in [-0.25, -0.2) is 4.98 Å². The van der Waals surface area contributed by atoms with Crippen LogP contribution in [0.5, 0.6) is 5.75 Å². The molecule has 27 heavy (non-hydrogen) atoms. The normalized spacial score (nSPS) is 20.8. The Bertz CT molecular complexity index is 806. The number of aromatic nitrogens is 1. The highest BCUT2D eigenvalue weighted by Gasteiger charge is 2.28. The molecule has 3 heterocycles. The molecular formula is C21H26N2O3S. The molecule has 1 aromatic heterocycles. The largest absolute Gasteiger partial charge is 0.490 e. The Hall–Kier alpha value is -1.92. The number of carbonyl (C=O) groups excluding carboxylic acids is 1. The monoisotopic (exact) mass is 386 g/mol. The van der Waals surface area contributed by atoms with Crippen LogP contribution < -0.4 is 4.74 Å². The van der Waals surface area contributed by atoms with Gasteiger partial charge < -0.3 is 14.4 Å². The van der Waals surface area contributed by atoms with Crippen LogP contribution >= 0.6 is 11.3 Å². The minimum Gasteiger partial charge on any atom is -0.490 e. The summed E-state index contributed by atoms with van der Waals surface area (Å²) in [4.78, 5) is 19.2. The molecule has 4 rings (SSSR count). The van der Waals surface area contributed by atoms with E-state index in [9.17, 15) is 4.79 Å². The summed E-state index contributed by atoms with van der Waals surface area (Å²) in [6, 6.07) is 6.22. The third-order valence-corrected chi connectivity index (χ3v) is 6.39. The lowest BCUT2D eigenvalue weighted by molar-refractivity contribution is 0.0589. The van der Waals surface area contributed by atoms with E-state index in [0.29, 0.717) is 18.8 Å². The Morgan fingerprint density at radius 1 is 1.22 bits per heavy atom. The van der Waals surface area contributed by atoms with Crippen LogP contribution in [0.25, 0.3) is 0 Å². The molecule has 0 spiro atoms. The minimum atomic E-state index is 0.0279. The van der Waals surface area contributed by atoms with E-state index >= 15 is 0 Å². The second kappa shape index (κ2) is 7.98. The summed E-state index contributed by atoms with van der Waals surface area (Å²) in [5.74, 6) is 0.948. The van der Waals surface area contributed by atoms with Crippen molar-refractivity contribution < 1.29 is 14.3 Å². The first-order valence-corrected chi connectivity index (χ1v) is 10.6. The molecule has 0 bridgehead atoms. The number of thiazole rings is 1. The molecule has 1 aromatic carbocycles. The van der Waals surface area contributed by atoms with Crippen LogP contribution in [0.3, 0.4) is 0 Å². The Morgan fingerprint density at radius 2 is 2.04 bits per heavy atom. The van der Waals surface area contributed by atoms with E-state index in [4.69, 9.17) is 9.47 Å². The van der Waals surface area contributed by atoms with E-state index in [1.54, 1.807) is 0 Å². The number of aryl methyl sites for hydroxylation is 2. The summed E-state index contributed by atoms with van der Waals surface area (Å²) < 4.78 is 11.8. The average molecular weight is 387 g/mol. The van der Waals surface area contributed by atoms with Crippen molar-refractivity contribution in [3.63, 3.8) is 0 Å². The number of hydrogen-bond acceptors (Lipinski definition) is 5. The minimum absolute atomic E-state index is 0.0279. The number of hydrogen-bond donors (Lipinski definition) is 0. The second-order valence-electron chi connectivity index (χ2n) is 7.43. The summed E-state index contributed by atoms with van der Waals surface area (Å²) in [5, 5.41) is 2.81. The Balaban J connectivity index is 1.32. The van der Waals surface area contributed by atoms with Crippen molar-refractivity contribution in [1.82, 2.24) is 9.88 Å². The van der Waals surface area contributed by atoms with Crippen LogP contribution in [0.1, 0.15) is 58.4 Å². The van der Waals surface area contributed by atoms with Gasteiger partial charge in [-0.1, -0.05) is 6.07 Å². The maximum absolute atomic E-state index is 12.8. The van der Waals surface area contributed by atoms with Crippen molar-refractivity contribution in [1.29, 1.82) is 0 Å². The Kier molecular flexibility index (Phi) is 5.45. The van der Waals surface area contributed by atoms with Crippen LogP contribution in [0.15, 0.2) is 23.6 Å². The van der Waals surface area contributed by atoms with Gasteiger partial charge in [-0.3, -0.25) is 4.79 Å². The molecule has 1 atom stereocenters. The van der Waals surface area contributed by atoms with Gasteiger partial charge in [0.25, 0.3) is 5.91 Å². The number of benzene rings is 1. The molecule has 0 aliphatic carbocycles. The summed E-state index contributed by atoms with van der Waals surface area (Å²) in [6.45, 7) is 6.41. The highest BCUT2D eigenvalue weighted by molar-refractivity contribution is 7.09. The summed E-state index contributed by atoms with van der Waals surface area (Å²) in [6.07, 6.45) is 4.01. The van der Waals surface area contributed by atoms with Crippen LogP contribution in [0.4, 0.5) is 0 Å². The van der Waals surface area contributed by atoms with Gasteiger partial charge in [0.05, 0.1) is 0 Å². The van der Waals surface area contributed by atoms with Crippen LogP contribution in [-0.2, 0) is 4.74 Å². The number of ether oxygens (including phenoxy) is 2. The SMILES string of the molecule is Cc1ccc(OC2CCN(C(=O)c3csc(C4CCCO4)n3)CC2)cc1C. The van der Waals surface area contributed by atoms with E-state index in [1.165, 1.54) is 22.5 Å². The van der Waals surface area contributed by atoms with Crippen LogP contribution in [-0.4, -0.2) is 41.6 Å². The Morgan fingerprint density at radius 3 is 2.74 bits per heavy atom. The lowest BCUT2D eigenvalue weighted by Crippen LogP contribution is -2.41. The molecule has 1 unspecified atom stereocenters. The standard InChI is InChI=1S/C21H26N2O3S/c1-14-5-6-17(12-15(14)2)26-16-7-9-23(10-8-16)21(24)18-13-27-20(22-18)19-4-3-11-25-19/h5-6,12-13,16,19H,3-4,7-11H2,1-2H3. The Labute approximate surface area is 164 Å². The van der Waals surface area contributed by atoms with Crippen molar-refractivity contribution in [2.45, 2.75) is 51.7 Å². The topological polar surface area (TPSA) is 51.7 Å². The number of likely N-dealkylation sites (tertiary alicyclic amines) is 1. The van der Waals surface area contributed by atoms with Gasteiger partial charge in [0.2, 0.25) is 0 Å². The molecule has 2 fully saturated rings. The third-order valence-electron chi connectivity index (χ3n) is 5.46. The van der Waals surface area contributed by atoms with Gasteiger partial charge in [0.15, 0.2) is 0 Å². The van der Waals surface area contributed by atoms with E-state index in [-0.39, 0.29) is 18.1 Å². The number of rotatable bonds is 4. The first kappa shape index (κ1) is 18.4. The fourth-order valence-electron chi connectivity index (χ4n) is 3.62. The molecule has 1 amide bonds. The summed E-state index contributed by atoms with van der Waals surface area (Å²) in [7, 11) is 0. The van der Waals surface area contributed by atoms with Gasteiger partial charge >= 0.3 is 0 Å². The molecule has 2 saturated heterocycles. The zero-order chi connectivity index (χ0) is 18.8. The van der Waals surface area contributed by atoms with Gasteiger partial charge in [-0.05, 0) is 49.9 Å². The van der Waals surface area contributed by atoms with Crippen molar-refractivity contribution in [2.24, 2.45) is 0 Å². The van der Waals surface area contributed by atoms with Crippen molar-refractivity contribution in [3.8, 4) is 5.75 Å². The van der Waals surface area contributed by atoms with Crippen molar-refractivity contribution in [2.75, 3.05) is 19.7 Å². The molecule has 6 heteroatoms. The quantitative estimate of drug-likeness (QED) is 0.786. The molecule has 5 nitrogen and oxygen atoms in total. The molecule has 0 saturated carbocycles. The maximum Gasteiger partial charge on any atom is 0.273 e. The van der Waals surface area contributed by atoms with Gasteiger partial charge in [-0.15, -0.1) is 11.3 Å². The molecule has 0 N–H and O–H groups in total.